The number of amides is 2. The summed E-state index contributed by atoms with van der Waals surface area (Å²) in [4.78, 5) is 30.6. The molecule has 0 aromatic heterocycles. The predicted molar refractivity (Wildman–Crippen MR) is 123 cm³/mol. The van der Waals surface area contributed by atoms with Gasteiger partial charge in [0.2, 0.25) is 0 Å². The monoisotopic (exact) mass is 485 g/mol. The van der Waals surface area contributed by atoms with Gasteiger partial charge in [-0.2, -0.15) is 18.4 Å². The van der Waals surface area contributed by atoms with Gasteiger partial charge in [-0.1, -0.05) is 12.1 Å². The van der Waals surface area contributed by atoms with Gasteiger partial charge in [0.05, 0.1) is 28.9 Å². The van der Waals surface area contributed by atoms with E-state index < -0.39 is 23.8 Å². The largest absolute Gasteiger partial charge is 0.416 e. The van der Waals surface area contributed by atoms with Crippen LogP contribution in [-0.4, -0.2) is 29.5 Å². The zero-order valence-corrected chi connectivity index (χ0v) is 19.5. The highest BCUT2D eigenvalue weighted by Gasteiger charge is 2.45. The molecule has 4 rings (SSSR count). The normalized spacial score (nSPS) is 18.8. The van der Waals surface area contributed by atoms with E-state index in [0.29, 0.717) is 36.1 Å². The second kappa shape index (κ2) is 9.18. The number of benzene rings is 2. The highest BCUT2D eigenvalue weighted by Crippen LogP contribution is 2.46. The maximum Gasteiger partial charge on any atom is 0.416 e. The van der Waals surface area contributed by atoms with Crippen molar-refractivity contribution >= 4 is 29.3 Å². The Morgan fingerprint density at radius 3 is 2.56 bits per heavy atom. The fraction of sp³-hybridized carbons (Fsp3) is 0.320. The number of nitrogens with zero attached hydrogens (tertiary/aromatic N) is 3. The Kier molecular flexibility index (Phi) is 6.45. The average Bonchev–Trinajstić information content (AvgIpc) is 2.82. The molecular formula is C25H22F3N3O2S. The summed E-state index contributed by atoms with van der Waals surface area (Å²) in [5.41, 5.74) is 1.31. The number of carbonyl (C=O) groups excluding carboxylic acids is 2. The number of ketones is 1. The molecule has 2 aromatic carbocycles. The van der Waals surface area contributed by atoms with Crippen LogP contribution < -0.4 is 4.90 Å². The molecule has 0 radical (unpaired) electrons. The van der Waals surface area contributed by atoms with Crippen molar-refractivity contribution in [3.8, 4) is 6.07 Å². The molecule has 34 heavy (non-hydrogen) atoms. The van der Waals surface area contributed by atoms with Gasteiger partial charge in [-0.15, -0.1) is 11.8 Å². The maximum atomic E-state index is 13.8. The second-order valence-electron chi connectivity index (χ2n) is 8.06. The summed E-state index contributed by atoms with van der Waals surface area (Å²) < 4.78 is 40.2. The van der Waals surface area contributed by atoms with Gasteiger partial charge in [-0.05, 0) is 61.9 Å². The summed E-state index contributed by atoms with van der Waals surface area (Å²) in [6.45, 7) is 2.02. The van der Waals surface area contributed by atoms with Crippen LogP contribution in [0.1, 0.15) is 48.9 Å². The summed E-state index contributed by atoms with van der Waals surface area (Å²) in [6.07, 6.45) is -1.47. The van der Waals surface area contributed by atoms with E-state index in [1.807, 2.05) is 6.26 Å². The Morgan fingerprint density at radius 1 is 1.15 bits per heavy atom. The third kappa shape index (κ3) is 4.07. The van der Waals surface area contributed by atoms with Crippen molar-refractivity contribution < 1.29 is 22.8 Å². The lowest BCUT2D eigenvalue weighted by molar-refractivity contribution is -0.137. The Hall–Kier alpha value is -3.25. The molecule has 2 aliphatic rings. The molecule has 0 spiro atoms. The molecule has 9 heteroatoms. The third-order valence-corrected chi connectivity index (χ3v) is 6.94. The number of thioether (sulfide) groups is 1. The third-order valence-electron chi connectivity index (χ3n) is 6.15. The van der Waals surface area contributed by atoms with Crippen molar-refractivity contribution in [3.63, 3.8) is 0 Å². The number of hydrogen-bond acceptors (Lipinski definition) is 4. The van der Waals surface area contributed by atoms with Gasteiger partial charge in [0.25, 0.3) is 0 Å². The molecule has 0 fully saturated rings. The number of rotatable bonds is 4. The fourth-order valence-electron chi connectivity index (χ4n) is 4.63. The SMILES string of the molecule is CCN1C(=O)N(c2cccc(C(F)(F)F)c2)C2=C(C(=O)CCC2)C1c1ccc(C#N)cc1SC. The van der Waals surface area contributed by atoms with E-state index in [1.165, 1.54) is 33.7 Å². The van der Waals surface area contributed by atoms with Gasteiger partial charge in [0.15, 0.2) is 5.78 Å². The molecule has 1 unspecified atom stereocenters. The first-order chi connectivity index (χ1) is 16.2. The lowest BCUT2D eigenvalue weighted by atomic mass is 9.83. The van der Waals surface area contributed by atoms with Crippen molar-refractivity contribution in [3.05, 3.63) is 70.4 Å². The van der Waals surface area contributed by atoms with Crippen molar-refractivity contribution in [1.29, 1.82) is 5.26 Å². The smallest absolute Gasteiger partial charge is 0.313 e. The molecule has 5 nitrogen and oxygen atoms in total. The standard InChI is InChI=1S/C25H22F3N3O2S/c1-3-30-23(18-11-10-15(14-29)12-21(18)34-2)22-19(8-5-9-20(22)32)31(24(30)33)17-7-4-6-16(13-17)25(26,27)28/h4,6-7,10-13,23H,3,5,8-9H2,1-2H3. The average molecular weight is 486 g/mol. The number of allylic oxidation sites excluding steroid dienone is 1. The van der Waals surface area contributed by atoms with Gasteiger partial charge in [0.1, 0.15) is 0 Å². The lowest BCUT2D eigenvalue weighted by Gasteiger charge is -2.45. The van der Waals surface area contributed by atoms with Crippen molar-refractivity contribution in [2.45, 2.75) is 43.3 Å². The van der Waals surface area contributed by atoms with Crippen LogP contribution in [0.25, 0.3) is 0 Å². The Balaban J connectivity index is 1.95. The van der Waals surface area contributed by atoms with Crippen LogP contribution in [0, 0.1) is 11.3 Å². The molecule has 176 valence electrons. The molecule has 2 amide bonds. The lowest BCUT2D eigenvalue weighted by Crippen LogP contribution is -2.52. The van der Waals surface area contributed by atoms with E-state index >= 15 is 0 Å². The van der Waals surface area contributed by atoms with Gasteiger partial charge >= 0.3 is 12.2 Å². The van der Waals surface area contributed by atoms with E-state index in [0.717, 1.165) is 22.6 Å². The Morgan fingerprint density at radius 2 is 1.91 bits per heavy atom. The van der Waals surface area contributed by atoms with E-state index in [1.54, 1.807) is 25.1 Å². The molecular weight excluding hydrogens is 463 g/mol. The van der Waals surface area contributed by atoms with Crippen LogP contribution in [0.5, 0.6) is 0 Å². The summed E-state index contributed by atoms with van der Waals surface area (Å²) in [7, 11) is 0. The first-order valence-electron chi connectivity index (χ1n) is 10.8. The van der Waals surface area contributed by atoms with E-state index in [2.05, 4.69) is 6.07 Å². The molecule has 2 aromatic rings. The first kappa shape index (κ1) is 23.9. The minimum Gasteiger partial charge on any atom is -0.313 e. The number of alkyl halides is 3. The molecule has 1 atom stereocenters. The van der Waals surface area contributed by atoms with Gasteiger partial charge < -0.3 is 4.90 Å². The van der Waals surface area contributed by atoms with Crippen LogP contribution in [0.4, 0.5) is 23.7 Å². The van der Waals surface area contributed by atoms with Crippen molar-refractivity contribution in [2.75, 3.05) is 17.7 Å². The Labute approximate surface area is 199 Å². The summed E-state index contributed by atoms with van der Waals surface area (Å²) in [6, 6.07) is 10.7. The molecule has 1 aliphatic carbocycles. The number of Topliss-reactive ketones (excluding diaryl/α,β-unsaturated/α-hetero) is 1. The van der Waals surface area contributed by atoms with E-state index in [9.17, 15) is 28.0 Å². The number of urea groups is 1. The molecule has 1 heterocycles. The Bertz CT molecular complexity index is 1230. The number of hydrogen-bond donors (Lipinski definition) is 0. The zero-order valence-electron chi connectivity index (χ0n) is 18.6. The summed E-state index contributed by atoms with van der Waals surface area (Å²) in [5, 5.41) is 9.29. The molecule has 0 N–H and O–H groups in total. The van der Waals surface area contributed by atoms with Gasteiger partial charge in [-0.3, -0.25) is 9.69 Å². The topological polar surface area (TPSA) is 64.4 Å². The van der Waals surface area contributed by atoms with Crippen LogP contribution in [0.3, 0.4) is 0 Å². The predicted octanol–water partition coefficient (Wildman–Crippen LogP) is 6.31. The maximum absolute atomic E-state index is 13.8. The quantitative estimate of drug-likeness (QED) is 0.476. The van der Waals surface area contributed by atoms with E-state index in [4.69, 9.17) is 0 Å². The molecule has 1 aliphatic heterocycles. The second-order valence-corrected chi connectivity index (χ2v) is 8.91. The van der Waals surface area contributed by atoms with Crippen molar-refractivity contribution in [1.82, 2.24) is 4.90 Å². The number of anilines is 1. The highest BCUT2D eigenvalue weighted by atomic mass is 32.2. The van der Waals surface area contributed by atoms with Gasteiger partial charge in [-0.25, -0.2) is 4.79 Å². The van der Waals surface area contributed by atoms with Gasteiger partial charge in [0, 0.05) is 29.1 Å². The summed E-state index contributed by atoms with van der Waals surface area (Å²) >= 11 is 1.41. The molecule has 0 saturated carbocycles. The number of nitriles is 1. The number of likely N-dealkylation sites (N-methyl/N-ethyl adjacent to an activating group) is 1. The van der Waals surface area contributed by atoms with E-state index in [-0.39, 0.29) is 18.0 Å². The zero-order chi connectivity index (χ0) is 24.6. The van der Waals surface area contributed by atoms with Crippen LogP contribution in [-0.2, 0) is 11.0 Å². The molecule has 0 saturated heterocycles. The van der Waals surface area contributed by atoms with Crippen LogP contribution in [0.2, 0.25) is 0 Å². The highest BCUT2D eigenvalue weighted by molar-refractivity contribution is 7.98. The van der Waals surface area contributed by atoms with Crippen LogP contribution >= 0.6 is 11.8 Å². The summed E-state index contributed by atoms with van der Waals surface area (Å²) in [5.74, 6) is -0.120. The number of halogens is 3. The van der Waals surface area contributed by atoms with Crippen molar-refractivity contribution in [2.24, 2.45) is 0 Å². The van der Waals surface area contributed by atoms with Crippen LogP contribution in [0.15, 0.2) is 58.6 Å². The minimum absolute atomic E-state index is 0.0869. The first-order valence-corrected chi connectivity index (χ1v) is 12.1. The minimum atomic E-state index is -4.56. The number of carbonyl (C=O) groups is 2. The molecule has 0 bridgehead atoms. The fourth-order valence-corrected chi connectivity index (χ4v) is 5.30.